The van der Waals surface area contributed by atoms with Crippen LogP contribution in [0, 0.1) is 13.8 Å². The molecule has 0 aliphatic rings. The van der Waals surface area contributed by atoms with Crippen molar-refractivity contribution in [2.24, 2.45) is 0 Å². The Kier molecular flexibility index (Phi) is 5.76. The highest BCUT2D eigenvalue weighted by atomic mass is 32.2. The second-order valence-corrected chi connectivity index (χ2v) is 6.67. The number of carbonyl (C=O) groups is 1. The summed E-state index contributed by atoms with van der Waals surface area (Å²) in [6.07, 6.45) is 2.01. The van der Waals surface area contributed by atoms with Crippen LogP contribution in [0.25, 0.3) is 0 Å². The van der Waals surface area contributed by atoms with Crippen LogP contribution in [0.4, 0.5) is 5.69 Å². The standard InChI is InChI=1S/C17H19NOS2/c1-12-8-9-13(2)16(10-12)21-11-17(19)18-14-6-4-5-7-15(14)20-3/h4-10H,11H2,1-3H3,(H,18,19). The first-order valence-corrected chi connectivity index (χ1v) is 8.94. The molecule has 0 radical (unpaired) electrons. The molecule has 21 heavy (non-hydrogen) atoms. The zero-order chi connectivity index (χ0) is 15.2. The van der Waals surface area contributed by atoms with E-state index in [1.807, 2.05) is 30.5 Å². The van der Waals surface area contributed by atoms with Gasteiger partial charge in [0.2, 0.25) is 5.91 Å². The van der Waals surface area contributed by atoms with Crippen LogP contribution in [0.3, 0.4) is 0 Å². The van der Waals surface area contributed by atoms with Gasteiger partial charge in [0.05, 0.1) is 11.4 Å². The molecule has 0 saturated carbocycles. The van der Waals surface area contributed by atoms with E-state index in [1.54, 1.807) is 23.5 Å². The van der Waals surface area contributed by atoms with E-state index in [2.05, 4.69) is 37.4 Å². The number of aryl methyl sites for hydroxylation is 2. The van der Waals surface area contributed by atoms with Crippen LogP contribution < -0.4 is 5.32 Å². The third kappa shape index (κ3) is 4.55. The van der Waals surface area contributed by atoms with E-state index in [-0.39, 0.29) is 5.91 Å². The van der Waals surface area contributed by atoms with Crippen LogP contribution in [0.5, 0.6) is 0 Å². The van der Waals surface area contributed by atoms with Gasteiger partial charge in [0.25, 0.3) is 0 Å². The fraction of sp³-hybridized carbons (Fsp3) is 0.235. The average Bonchev–Trinajstić information content (AvgIpc) is 2.49. The first-order valence-electron chi connectivity index (χ1n) is 6.73. The third-order valence-electron chi connectivity index (χ3n) is 3.08. The van der Waals surface area contributed by atoms with Crippen LogP contribution in [0.1, 0.15) is 11.1 Å². The summed E-state index contributed by atoms with van der Waals surface area (Å²) in [6.45, 7) is 4.14. The molecular weight excluding hydrogens is 298 g/mol. The van der Waals surface area contributed by atoms with Gasteiger partial charge < -0.3 is 5.32 Å². The molecule has 2 rings (SSSR count). The molecule has 0 aliphatic carbocycles. The zero-order valence-corrected chi connectivity index (χ0v) is 14.1. The molecular formula is C17H19NOS2. The lowest BCUT2D eigenvalue weighted by Gasteiger charge is -2.10. The predicted molar refractivity (Wildman–Crippen MR) is 93.5 cm³/mol. The zero-order valence-electron chi connectivity index (χ0n) is 12.5. The summed E-state index contributed by atoms with van der Waals surface area (Å²) in [5.41, 5.74) is 3.32. The summed E-state index contributed by atoms with van der Waals surface area (Å²) in [6, 6.07) is 14.2. The van der Waals surface area contributed by atoms with Gasteiger partial charge in [-0.25, -0.2) is 0 Å². The lowest BCUT2D eigenvalue weighted by molar-refractivity contribution is -0.113. The van der Waals surface area contributed by atoms with Crippen molar-refractivity contribution in [2.75, 3.05) is 17.3 Å². The maximum absolute atomic E-state index is 12.1. The lowest BCUT2D eigenvalue weighted by atomic mass is 10.2. The van der Waals surface area contributed by atoms with E-state index >= 15 is 0 Å². The van der Waals surface area contributed by atoms with Crippen LogP contribution in [0.2, 0.25) is 0 Å². The molecule has 0 saturated heterocycles. The van der Waals surface area contributed by atoms with Gasteiger partial charge in [-0.3, -0.25) is 4.79 Å². The lowest BCUT2D eigenvalue weighted by Crippen LogP contribution is -2.14. The van der Waals surface area contributed by atoms with Crippen LogP contribution >= 0.6 is 23.5 Å². The van der Waals surface area contributed by atoms with Gasteiger partial charge in [0, 0.05) is 9.79 Å². The molecule has 0 spiro atoms. The van der Waals surface area contributed by atoms with Crippen LogP contribution in [-0.4, -0.2) is 17.9 Å². The Morgan fingerprint density at radius 1 is 1.10 bits per heavy atom. The van der Waals surface area contributed by atoms with Crippen LogP contribution in [-0.2, 0) is 4.79 Å². The maximum Gasteiger partial charge on any atom is 0.234 e. The average molecular weight is 317 g/mol. The van der Waals surface area contributed by atoms with Crippen molar-refractivity contribution in [1.82, 2.24) is 0 Å². The molecule has 2 aromatic carbocycles. The summed E-state index contributed by atoms with van der Waals surface area (Å²) in [5.74, 6) is 0.454. The Morgan fingerprint density at radius 2 is 1.86 bits per heavy atom. The summed E-state index contributed by atoms with van der Waals surface area (Å²) < 4.78 is 0. The molecule has 0 fully saturated rings. The summed E-state index contributed by atoms with van der Waals surface area (Å²) in [5, 5.41) is 2.99. The van der Waals surface area contributed by atoms with Gasteiger partial charge >= 0.3 is 0 Å². The van der Waals surface area contributed by atoms with E-state index in [0.717, 1.165) is 10.6 Å². The Hall–Kier alpha value is -1.39. The van der Waals surface area contributed by atoms with Gasteiger partial charge in [0.15, 0.2) is 0 Å². The topological polar surface area (TPSA) is 29.1 Å². The van der Waals surface area contributed by atoms with Crippen molar-refractivity contribution in [3.63, 3.8) is 0 Å². The van der Waals surface area contributed by atoms with Crippen molar-refractivity contribution in [3.8, 4) is 0 Å². The molecule has 0 aliphatic heterocycles. The van der Waals surface area contributed by atoms with Crippen molar-refractivity contribution < 1.29 is 4.79 Å². The highest BCUT2D eigenvalue weighted by Gasteiger charge is 2.08. The molecule has 110 valence electrons. The number of carbonyl (C=O) groups excluding carboxylic acids is 1. The van der Waals surface area contributed by atoms with Crippen molar-refractivity contribution in [3.05, 3.63) is 53.6 Å². The highest BCUT2D eigenvalue weighted by molar-refractivity contribution is 8.00. The molecule has 0 aromatic heterocycles. The Labute approximate surface area is 134 Å². The molecule has 0 heterocycles. The first kappa shape index (κ1) is 16.0. The van der Waals surface area contributed by atoms with E-state index in [1.165, 1.54) is 16.0 Å². The monoisotopic (exact) mass is 317 g/mol. The summed E-state index contributed by atoms with van der Waals surface area (Å²) >= 11 is 3.22. The van der Waals surface area contributed by atoms with Gasteiger partial charge in [-0.1, -0.05) is 29.8 Å². The Balaban J connectivity index is 1.97. The number of hydrogen-bond acceptors (Lipinski definition) is 3. The molecule has 2 aromatic rings. The minimum atomic E-state index is 0.0300. The molecule has 0 unspecified atom stereocenters. The van der Waals surface area contributed by atoms with Crippen molar-refractivity contribution in [1.29, 1.82) is 0 Å². The predicted octanol–water partition coefficient (Wildman–Crippen LogP) is 4.76. The van der Waals surface area contributed by atoms with E-state index in [0.29, 0.717) is 5.75 Å². The largest absolute Gasteiger partial charge is 0.324 e. The number of nitrogens with one attached hydrogen (secondary N) is 1. The minimum absolute atomic E-state index is 0.0300. The highest BCUT2D eigenvalue weighted by Crippen LogP contribution is 2.26. The number of hydrogen-bond donors (Lipinski definition) is 1. The first-order chi connectivity index (χ1) is 10.1. The fourth-order valence-electron chi connectivity index (χ4n) is 1.94. The second-order valence-electron chi connectivity index (χ2n) is 4.81. The van der Waals surface area contributed by atoms with Crippen LogP contribution in [0.15, 0.2) is 52.3 Å². The van der Waals surface area contributed by atoms with E-state index in [4.69, 9.17) is 0 Å². The second kappa shape index (κ2) is 7.57. The molecule has 2 nitrogen and oxygen atoms in total. The van der Waals surface area contributed by atoms with Gasteiger partial charge in [0.1, 0.15) is 0 Å². The molecule has 1 N–H and O–H groups in total. The minimum Gasteiger partial charge on any atom is -0.324 e. The number of thioether (sulfide) groups is 2. The SMILES string of the molecule is CSc1ccccc1NC(=O)CSc1cc(C)ccc1C. The maximum atomic E-state index is 12.1. The molecule has 0 bridgehead atoms. The number of amides is 1. The number of anilines is 1. The Morgan fingerprint density at radius 3 is 2.62 bits per heavy atom. The molecule has 1 amide bonds. The Bertz CT molecular complexity index is 640. The van der Waals surface area contributed by atoms with E-state index < -0.39 is 0 Å². The van der Waals surface area contributed by atoms with Gasteiger partial charge in [-0.05, 0) is 43.9 Å². The summed E-state index contributed by atoms with van der Waals surface area (Å²) in [7, 11) is 0. The normalized spacial score (nSPS) is 10.4. The molecule has 0 atom stereocenters. The fourth-order valence-corrected chi connectivity index (χ4v) is 3.42. The number of benzene rings is 2. The summed E-state index contributed by atoms with van der Waals surface area (Å²) in [4.78, 5) is 14.4. The van der Waals surface area contributed by atoms with E-state index in [9.17, 15) is 4.79 Å². The van der Waals surface area contributed by atoms with Gasteiger partial charge in [-0.2, -0.15) is 0 Å². The smallest absolute Gasteiger partial charge is 0.234 e. The number of rotatable bonds is 5. The van der Waals surface area contributed by atoms with Gasteiger partial charge in [-0.15, -0.1) is 23.5 Å². The van der Waals surface area contributed by atoms with Crippen molar-refractivity contribution >= 4 is 35.1 Å². The van der Waals surface area contributed by atoms with Crippen molar-refractivity contribution in [2.45, 2.75) is 23.6 Å². The third-order valence-corrected chi connectivity index (χ3v) is 5.04. The quantitative estimate of drug-likeness (QED) is 0.806. The number of para-hydroxylation sites is 1. The molecule has 4 heteroatoms.